The predicted octanol–water partition coefficient (Wildman–Crippen LogP) is 3.13. The summed E-state index contributed by atoms with van der Waals surface area (Å²) in [5.74, 6) is 0.246. The van der Waals surface area contributed by atoms with Crippen LogP contribution in [0, 0.1) is 0 Å². The molecule has 0 saturated carbocycles. The van der Waals surface area contributed by atoms with Crippen molar-refractivity contribution in [1.82, 2.24) is 10.2 Å². The van der Waals surface area contributed by atoms with Gasteiger partial charge in [0.05, 0.1) is 17.1 Å². The lowest BCUT2D eigenvalue weighted by Gasteiger charge is -2.19. The molecule has 0 spiro atoms. The molecule has 0 aliphatic heterocycles. The molecular weight excluding hydrogens is 250 g/mol. The van der Waals surface area contributed by atoms with Crippen LogP contribution in [0.3, 0.4) is 0 Å². The number of aromatic nitrogens is 2. The number of nitrogens with two attached hydrogens (primary N) is 1. The second kappa shape index (κ2) is 4.35. The minimum atomic E-state index is -0.366. The highest BCUT2D eigenvalue weighted by atomic mass is 16.3. The largest absolute Gasteiger partial charge is 0.507 e. The molecule has 0 saturated heterocycles. The molecule has 1 aromatic heterocycles. The number of nitrogens with one attached hydrogen (secondary N) is 1. The Morgan fingerprint density at radius 3 is 2.45 bits per heavy atom. The van der Waals surface area contributed by atoms with Crippen molar-refractivity contribution in [2.45, 2.75) is 19.4 Å². The summed E-state index contributed by atoms with van der Waals surface area (Å²) in [6, 6.07) is 11.7. The molecule has 3 aromatic rings. The van der Waals surface area contributed by atoms with Crippen LogP contribution < -0.4 is 5.73 Å². The number of aromatic hydroxyl groups is 1. The first-order chi connectivity index (χ1) is 9.47. The van der Waals surface area contributed by atoms with Gasteiger partial charge in [0.15, 0.2) is 0 Å². The summed E-state index contributed by atoms with van der Waals surface area (Å²) < 4.78 is 0. The van der Waals surface area contributed by atoms with Crippen molar-refractivity contribution in [2.75, 3.05) is 0 Å². The van der Waals surface area contributed by atoms with Gasteiger partial charge in [0.1, 0.15) is 5.75 Å². The molecule has 0 radical (unpaired) electrons. The van der Waals surface area contributed by atoms with Crippen molar-refractivity contribution >= 4 is 10.9 Å². The maximum Gasteiger partial charge on any atom is 0.134 e. The summed E-state index contributed by atoms with van der Waals surface area (Å²) in [5, 5.41) is 17.8. The zero-order valence-corrected chi connectivity index (χ0v) is 11.5. The van der Waals surface area contributed by atoms with Crippen molar-refractivity contribution in [3.63, 3.8) is 0 Å². The van der Waals surface area contributed by atoms with Gasteiger partial charge in [-0.15, -0.1) is 0 Å². The number of phenolic OH excluding ortho intramolecular Hbond substituents is 1. The van der Waals surface area contributed by atoms with E-state index in [4.69, 9.17) is 5.73 Å². The average molecular weight is 267 g/mol. The van der Waals surface area contributed by atoms with Gasteiger partial charge in [0.25, 0.3) is 0 Å². The summed E-state index contributed by atoms with van der Waals surface area (Å²) in [6.07, 6.45) is 1.63. The quantitative estimate of drug-likeness (QED) is 0.667. The van der Waals surface area contributed by atoms with E-state index in [1.165, 1.54) is 0 Å². The molecule has 0 aliphatic rings. The molecule has 0 bridgehead atoms. The zero-order chi connectivity index (χ0) is 14.3. The molecule has 102 valence electrons. The molecule has 3 rings (SSSR count). The summed E-state index contributed by atoms with van der Waals surface area (Å²) in [7, 11) is 0. The fourth-order valence-corrected chi connectivity index (χ4v) is 2.31. The van der Waals surface area contributed by atoms with E-state index in [2.05, 4.69) is 10.2 Å². The summed E-state index contributed by atoms with van der Waals surface area (Å²) in [6.45, 7) is 3.94. The van der Waals surface area contributed by atoms with Gasteiger partial charge < -0.3 is 10.8 Å². The first kappa shape index (κ1) is 12.7. The SMILES string of the molecule is CC(C)(N)c1ccc(-c2ccc3[nH]ncc3c2O)cc1. The van der Waals surface area contributed by atoms with Gasteiger partial charge >= 0.3 is 0 Å². The van der Waals surface area contributed by atoms with E-state index < -0.39 is 0 Å². The van der Waals surface area contributed by atoms with E-state index in [1.807, 2.05) is 50.2 Å². The van der Waals surface area contributed by atoms with Crippen LogP contribution in [0.4, 0.5) is 0 Å². The Morgan fingerprint density at radius 1 is 1.10 bits per heavy atom. The molecule has 4 heteroatoms. The number of H-pyrrole nitrogens is 1. The monoisotopic (exact) mass is 267 g/mol. The number of nitrogens with zero attached hydrogens (tertiary/aromatic N) is 1. The van der Waals surface area contributed by atoms with Gasteiger partial charge in [0, 0.05) is 11.1 Å². The zero-order valence-electron chi connectivity index (χ0n) is 11.5. The fourth-order valence-electron chi connectivity index (χ4n) is 2.31. The third kappa shape index (κ3) is 2.04. The number of hydrogen-bond donors (Lipinski definition) is 3. The summed E-state index contributed by atoms with van der Waals surface area (Å²) >= 11 is 0. The highest BCUT2D eigenvalue weighted by Gasteiger charge is 2.15. The molecule has 0 atom stereocenters. The molecule has 20 heavy (non-hydrogen) atoms. The van der Waals surface area contributed by atoms with Crippen molar-refractivity contribution in [3.8, 4) is 16.9 Å². The molecule has 4 N–H and O–H groups in total. The topological polar surface area (TPSA) is 74.9 Å². The van der Waals surface area contributed by atoms with E-state index in [0.29, 0.717) is 0 Å². The molecule has 4 nitrogen and oxygen atoms in total. The second-order valence-electron chi connectivity index (χ2n) is 5.59. The van der Waals surface area contributed by atoms with Crippen molar-refractivity contribution < 1.29 is 5.11 Å². The first-order valence-corrected chi connectivity index (χ1v) is 6.51. The first-order valence-electron chi connectivity index (χ1n) is 6.51. The molecule has 0 amide bonds. The van der Waals surface area contributed by atoms with Gasteiger partial charge in [-0.1, -0.05) is 24.3 Å². The maximum atomic E-state index is 10.3. The third-order valence-electron chi connectivity index (χ3n) is 3.54. The van der Waals surface area contributed by atoms with Gasteiger partial charge in [0.2, 0.25) is 0 Å². The minimum Gasteiger partial charge on any atom is -0.507 e. The molecular formula is C16H17N3O. The summed E-state index contributed by atoms with van der Waals surface area (Å²) in [5.41, 5.74) is 9.34. The van der Waals surface area contributed by atoms with E-state index >= 15 is 0 Å². The van der Waals surface area contributed by atoms with Gasteiger partial charge in [-0.25, -0.2) is 0 Å². The Hall–Kier alpha value is -2.33. The van der Waals surface area contributed by atoms with Crippen LogP contribution in [-0.4, -0.2) is 15.3 Å². The molecule has 0 aliphatic carbocycles. The van der Waals surface area contributed by atoms with Crippen LogP contribution in [0.25, 0.3) is 22.0 Å². The normalized spacial score (nSPS) is 11.9. The molecule has 0 fully saturated rings. The van der Waals surface area contributed by atoms with Crippen LogP contribution in [0.1, 0.15) is 19.4 Å². The Kier molecular flexibility index (Phi) is 2.76. The van der Waals surface area contributed by atoms with Crippen molar-refractivity contribution in [1.29, 1.82) is 0 Å². The Balaban J connectivity index is 2.09. The Labute approximate surface area is 117 Å². The third-order valence-corrected chi connectivity index (χ3v) is 3.54. The number of hydrogen-bond acceptors (Lipinski definition) is 3. The van der Waals surface area contributed by atoms with Crippen molar-refractivity contribution in [2.24, 2.45) is 5.73 Å². The highest BCUT2D eigenvalue weighted by Crippen LogP contribution is 2.35. The summed E-state index contributed by atoms with van der Waals surface area (Å²) in [4.78, 5) is 0. The number of phenols is 1. The van der Waals surface area contributed by atoms with E-state index in [1.54, 1.807) is 6.20 Å². The van der Waals surface area contributed by atoms with Crippen molar-refractivity contribution in [3.05, 3.63) is 48.2 Å². The maximum absolute atomic E-state index is 10.3. The highest BCUT2D eigenvalue weighted by molar-refractivity contribution is 5.92. The molecule has 1 heterocycles. The van der Waals surface area contributed by atoms with Crippen LogP contribution in [0.15, 0.2) is 42.6 Å². The minimum absolute atomic E-state index is 0.246. The smallest absolute Gasteiger partial charge is 0.134 e. The van der Waals surface area contributed by atoms with Gasteiger partial charge in [-0.3, -0.25) is 5.10 Å². The Bertz CT molecular complexity index is 751. The lowest BCUT2D eigenvalue weighted by atomic mass is 9.93. The fraction of sp³-hybridized carbons (Fsp3) is 0.188. The second-order valence-corrected chi connectivity index (χ2v) is 5.59. The lowest BCUT2D eigenvalue weighted by molar-refractivity contribution is 0.483. The standard InChI is InChI=1S/C16H17N3O/c1-16(2,17)11-5-3-10(4-6-11)12-7-8-14-13(15(12)20)9-18-19-14/h3-9,20H,17H2,1-2H3,(H,18,19). The van der Waals surface area contributed by atoms with Gasteiger partial charge in [-0.2, -0.15) is 5.10 Å². The Morgan fingerprint density at radius 2 is 1.80 bits per heavy atom. The molecule has 0 unspecified atom stereocenters. The van der Waals surface area contributed by atoms with Crippen LogP contribution in [0.5, 0.6) is 5.75 Å². The van der Waals surface area contributed by atoms with Crippen LogP contribution in [0.2, 0.25) is 0 Å². The molecule has 2 aromatic carbocycles. The van der Waals surface area contributed by atoms with E-state index in [0.717, 1.165) is 27.6 Å². The predicted molar refractivity (Wildman–Crippen MR) is 80.4 cm³/mol. The number of rotatable bonds is 2. The van der Waals surface area contributed by atoms with Gasteiger partial charge in [-0.05, 0) is 37.1 Å². The average Bonchev–Trinajstić information content (AvgIpc) is 2.88. The number of aromatic amines is 1. The van der Waals surface area contributed by atoms with Crippen LogP contribution in [-0.2, 0) is 5.54 Å². The lowest BCUT2D eigenvalue weighted by Crippen LogP contribution is -2.28. The van der Waals surface area contributed by atoms with E-state index in [9.17, 15) is 5.11 Å². The number of fused-ring (bicyclic) bond motifs is 1. The van der Waals surface area contributed by atoms with Crippen LogP contribution >= 0.6 is 0 Å². The van der Waals surface area contributed by atoms with E-state index in [-0.39, 0.29) is 11.3 Å². The number of benzene rings is 2.